The first kappa shape index (κ1) is 16.2. The van der Waals surface area contributed by atoms with Gasteiger partial charge in [-0.1, -0.05) is 6.42 Å². The summed E-state index contributed by atoms with van der Waals surface area (Å²) in [5.41, 5.74) is 0. The van der Waals surface area contributed by atoms with Crippen LogP contribution in [0.2, 0.25) is 0 Å². The number of piperidine rings is 1. The molecule has 2 atom stereocenters. The van der Waals surface area contributed by atoms with E-state index in [1.807, 2.05) is 0 Å². The van der Waals surface area contributed by atoms with Crippen molar-refractivity contribution in [2.75, 3.05) is 25.1 Å². The molecule has 1 aliphatic heterocycles. The van der Waals surface area contributed by atoms with Gasteiger partial charge in [0.1, 0.15) is 11.9 Å². The Balaban J connectivity index is 1.50. The molecule has 2 aliphatic rings. The quantitative estimate of drug-likeness (QED) is 0.793. The minimum Gasteiger partial charge on any atom is -0.459 e. The molecule has 2 fully saturated rings. The Bertz CT molecular complexity index is 503. The first-order valence-electron chi connectivity index (χ1n) is 8.52. The Morgan fingerprint density at radius 1 is 1.13 bits per heavy atom. The monoisotopic (exact) mass is 319 g/mol. The number of hydrogen-bond acceptors (Lipinski definition) is 6. The molecule has 1 aromatic heterocycles. The Kier molecular flexibility index (Phi) is 5.43. The smallest absolute Gasteiger partial charge is 0.309 e. The van der Waals surface area contributed by atoms with E-state index in [0.717, 1.165) is 57.4 Å². The van der Waals surface area contributed by atoms with E-state index in [1.54, 1.807) is 25.7 Å². The van der Waals surface area contributed by atoms with E-state index >= 15 is 0 Å². The van der Waals surface area contributed by atoms with Crippen molar-refractivity contribution in [3.8, 4) is 0 Å². The maximum Gasteiger partial charge on any atom is 0.309 e. The Hall–Kier alpha value is -1.69. The van der Waals surface area contributed by atoms with Gasteiger partial charge in [-0.05, 0) is 32.1 Å². The molecule has 0 amide bonds. The van der Waals surface area contributed by atoms with Crippen LogP contribution in [0, 0.1) is 5.92 Å². The lowest BCUT2D eigenvalue weighted by atomic mass is 9.93. The van der Waals surface area contributed by atoms with E-state index in [1.165, 1.54) is 0 Å². The molecule has 1 saturated heterocycles. The van der Waals surface area contributed by atoms with Crippen LogP contribution in [-0.4, -0.2) is 48.3 Å². The van der Waals surface area contributed by atoms with Crippen molar-refractivity contribution in [1.29, 1.82) is 0 Å². The van der Waals surface area contributed by atoms with Crippen LogP contribution in [0.4, 0.5) is 5.82 Å². The van der Waals surface area contributed by atoms with Crippen molar-refractivity contribution in [2.45, 2.75) is 50.7 Å². The molecule has 6 heteroatoms. The van der Waals surface area contributed by atoms with Gasteiger partial charge < -0.3 is 14.4 Å². The maximum atomic E-state index is 12.4. The van der Waals surface area contributed by atoms with Gasteiger partial charge in [0.25, 0.3) is 0 Å². The highest BCUT2D eigenvalue weighted by atomic mass is 16.6. The van der Waals surface area contributed by atoms with Crippen molar-refractivity contribution in [1.82, 2.24) is 9.97 Å². The molecule has 1 saturated carbocycles. The lowest BCUT2D eigenvalue weighted by Crippen LogP contribution is -2.41. The van der Waals surface area contributed by atoms with Crippen molar-refractivity contribution in [2.24, 2.45) is 5.92 Å². The summed E-state index contributed by atoms with van der Waals surface area (Å²) >= 11 is 0. The average molecular weight is 319 g/mol. The second kappa shape index (κ2) is 7.73. The van der Waals surface area contributed by atoms with Crippen LogP contribution >= 0.6 is 0 Å². The predicted molar refractivity (Wildman–Crippen MR) is 86.1 cm³/mol. The van der Waals surface area contributed by atoms with Crippen LogP contribution in [-0.2, 0) is 14.3 Å². The zero-order chi connectivity index (χ0) is 16.1. The van der Waals surface area contributed by atoms with Gasteiger partial charge in [-0.3, -0.25) is 9.78 Å². The van der Waals surface area contributed by atoms with Gasteiger partial charge in [-0.25, -0.2) is 4.98 Å². The lowest BCUT2D eigenvalue weighted by molar-refractivity contribution is -0.164. The van der Waals surface area contributed by atoms with E-state index in [4.69, 9.17) is 9.47 Å². The van der Waals surface area contributed by atoms with Crippen LogP contribution in [0.3, 0.4) is 0 Å². The molecule has 126 valence electrons. The van der Waals surface area contributed by atoms with Gasteiger partial charge in [-0.15, -0.1) is 0 Å². The highest BCUT2D eigenvalue weighted by Crippen LogP contribution is 2.27. The molecular weight excluding hydrogens is 294 g/mol. The number of aromatic nitrogens is 2. The number of hydrogen-bond donors (Lipinski definition) is 0. The zero-order valence-corrected chi connectivity index (χ0v) is 13.7. The van der Waals surface area contributed by atoms with Crippen molar-refractivity contribution in [3.63, 3.8) is 0 Å². The molecule has 1 aliphatic carbocycles. The summed E-state index contributed by atoms with van der Waals surface area (Å²) in [6, 6.07) is 0. The molecule has 1 aromatic rings. The highest BCUT2D eigenvalue weighted by molar-refractivity contribution is 5.73. The SMILES string of the molecule is COC1CCCCC1OC(=O)C1CCN(c2cnccn2)CC1. The molecule has 6 nitrogen and oxygen atoms in total. The molecule has 0 spiro atoms. The normalized spacial score (nSPS) is 26.0. The summed E-state index contributed by atoms with van der Waals surface area (Å²) in [6.45, 7) is 1.63. The maximum absolute atomic E-state index is 12.4. The van der Waals surface area contributed by atoms with Gasteiger partial charge in [0.05, 0.1) is 18.2 Å². The third-order valence-electron chi connectivity index (χ3n) is 4.91. The number of ether oxygens (including phenoxy) is 2. The Labute approximate surface area is 137 Å². The van der Waals surface area contributed by atoms with E-state index in [-0.39, 0.29) is 24.1 Å². The van der Waals surface area contributed by atoms with Crippen LogP contribution in [0.1, 0.15) is 38.5 Å². The molecular formula is C17H25N3O3. The first-order chi connectivity index (χ1) is 11.3. The predicted octanol–water partition coefficient (Wildman–Crippen LogP) is 2.19. The number of carbonyl (C=O) groups is 1. The van der Waals surface area contributed by atoms with Gasteiger partial charge in [0.15, 0.2) is 0 Å². The molecule has 0 aromatic carbocycles. The minimum absolute atomic E-state index is 0.0117. The summed E-state index contributed by atoms with van der Waals surface area (Å²) in [4.78, 5) is 23.0. The summed E-state index contributed by atoms with van der Waals surface area (Å²) in [5.74, 6) is 0.811. The summed E-state index contributed by atoms with van der Waals surface area (Å²) in [6.07, 6.45) is 10.9. The second-order valence-corrected chi connectivity index (χ2v) is 6.36. The van der Waals surface area contributed by atoms with E-state index < -0.39 is 0 Å². The number of rotatable bonds is 4. The van der Waals surface area contributed by atoms with E-state index in [0.29, 0.717) is 0 Å². The van der Waals surface area contributed by atoms with Gasteiger partial charge >= 0.3 is 5.97 Å². The second-order valence-electron chi connectivity index (χ2n) is 6.36. The fourth-order valence-electron chi connectivity index (χ4n) is 3.51. The summed E-state index contributed by atoms with van der Waals surface area (Å²) in [5, 5.41) is 0. The zero-order valence-electron chi connectivity index (χ0n) is 13.7. The molecule has 0 radical (unpaired) electrons. The van der Waals surface area contributed by atoms with Gasteiger partial charge in [0.2, 0.25) is 0 Å². The van der Waals surface area contributed by atoms with Crippen LogP contribution < -0.4 is 4.90 Å². The number of carbonyl (C=O) groups excluding carboxylic acids is 1. The van der Waals surface area contributed by atoms with E-state index in [9.17, 15) is 4.79 Å². The Morgan fingerprint density at radius 2 is 1.87 bits per heavy atom. The summed E-state index contributed by atoms with van der Waals surface area (Å²) in [7, 11) is 1.70. The fraction of sp³-hybridized carbons (Fsp3) is 0.706. The first-order valence-corrected chi connectivity index (χ1v) is 8.52. The molecule has 2 unspecified atom stereocenters. The number of anilines is 1. The molecule has 0 N–H and O–H groups in total. The third kappa shape index (κ3) is 3.99. The third-order valence-corrected chi connectivity index (χ3v) is 4.91. The largest absolute Gasteiger partial charge is 0.459 e. The topological polar surface area (TPSA) is 64.6 Å². The summed E-state index contributed by atoms with van der Waals surface area (Å²) < 4.78 is 11.2. The fourth-order valence-corrected chi connectivity index (χ4v) is 3.51. The molecule has 0 bridgehead atoms. The van der Waals surface area contributed by atoms with Crippen molar-refractivity contribution < 1.29 is 14.3 Å². The van der Waals surface area contributed by atoms with Gasteiger partial charge in [0, 0.05) is 32.6 Å². The minimum atomic E-state index is -0.0701. The van der Waals surface area contributed by atoms with Crippen molar-refractivity contribution >= 4 is 11.8 Å². The number of esters is 1. The van der Waals surface area contributed by atoms with Crippen LogP contribution in [0.5, 0.6) is 0 Å². The standard InChI is InChI=1S/C17H25N3O3/c1-22-14-4-2-3-5-15(14)23-17(21)13-6-10-20(11-7-13)16-12-18-8-9-19-16/h8-9,12-15H,2-7,10-11H2,1H3. The molecule has 23 heavy (non-hydrogen) atoms. The highest BCUT2D eigenvalue weighted by Gasteiger charge is 2.32. The van der Waals surface area contributed by atoms with Crippen LogP contribution in [0.25, 0.3) is 0 Å². The van der Waals surface area contributed by atoms with Crippen molar-refractivity contribution in [3.05, 3.63) is 18.6 Å². The number of nitrogens with zero attached hydrogens (tertiary/aromatic N) is 3. The number of methoxy groups -OCH3 is 1. The average Bonchev–Trinajstić information content (AvgIpc) is 2.63. The van der Waals surface area contributed by atoms with E-state index in [2.05, 4.69) is 14.9 Å². The lowest BCUT2D eigenvalue weighted by Gasteiger charge is -2.34. The van der Waals surface area contributed by atoms with Gasteiger partial charge in [-0.2, -0.15) is 0 Å². The Morgan fingerprint density at radius 3 is 2.52 bits per heavy atom. The van der Waals surface area contributed by atoms with Crippen LogP contribution in [0.15, 0.2) is 18.6 Å². The molecule has 2 heterocycles. The molecule has 3 rings (SSSR count).